The summed E-state index contributed by atoms with van der Waals surface area (Å²) in [6.45, 7) is 13.3. The molecule has 2 amide bonds. The van der Waals surface area contributed by atoms with Crippen molar-refractivity contribution in [2.24, 2.45) is 0 Å². The maximum atomic E-state index is 13.8. The number of aryl methyl sites for hydroxylation is 2. The lowest BCUT2D eigenvalue weighted by molar-refractivity contribution is 0.256. The van der Waals surface area contributed by atoms with Crippen molar-refractivity contribution < 1.29 is 4.79 Å². The minimum Gasteiger partial charge on any atom is -0.378 e. The number of anilines is 3. The molecule has 0 bridgehead atoms. The average molecular weight is 458 g/mol. The minimum absolute atomic E-state index is 0.116. The van der Waals surface area contributed by atoms with E-state index in [4.69, 9.17) is 0 Å². The smallest absolute Gasteiger partial charge is 0.326 e. The van der Waals surface area contributed by atoms with Gasteiger partial charge < -0.3 is 10.2 Å². The zero-order valence-corrected chi connectivity index (χ0v) is 21.9. The van der Waals surface area contributed by atoms with Gasteiger partial charge in [0.25, 0.3) is 0 Å². The highest BCUT2D eigenvalue weighted by Gasteiger charge is 2.21. The number of hydrogen-bond acceptors (Lipinski definition) is 2. The van der Waals surface area contributed by atoms with Crippen LogP contribution in [0.25, 0.3) is 0 Å². The number of amides is 2. The van der Waals surface area contributed by atoms with E-state index in [0.29, 0.717) is 18.4 Å². The van der Waals surface area contributed by atoms with Crippen LogP contribution in [0.5, 0.6) is 0 Å². The molecule has 0 spiro atoms. The quantitative estimate of drug-likeness (QED) is 0.392. The van der Waals surface area contributed by atoms with Gasteiger partial charge in [-0.15, -0.1) is 0 Å². The molecular formula is C30H39N3O. The van der Waals surface area contributed by atoms with Crippen LogP contribution in [-0.2, 0) is 6.54 Å². The highest BCUT2D eigenvalue weighted by molar-refractivity contribution is 6.02. The van der Waals surface area contributed by atoms with E-state index in [1.165, 1.54) is 11.1 Å². The van der Waals surface area contributed by atoms with Crippen molar-refractivity contribution in [1.29, 1.82) is 0 Å². The SMILES string of the molecule is Cc1ccc(N(Cc2ccc(N(C)C)cc2)C(=O)Nc2c(C(C)C)cccc2C(C)C)cc1C. The molecule has 0 radical (unpaired) electrons. The van der Waals surface area contributed by atoms with E-state index in [2.05, 4.69) is 106 Å². The summed E-state index contributed by atoms with van der Waals surface area (Å²) in [5.41, 5.74) is 8.76. The topological polar surface area (TPSA) is 35.6 Å². The normalized spacial score (nSPS) is 11.1. The zero-order valence-electron chi connectivity index (χ0n) is 21.9. The van der Waals surface area contributed by atoms with Crippen LogP contribution in [0, 0.1) is 13.8 Å². The van der Waals surface area contributed by atoms with Crippen molar-refractivity contribution in [2.45, 2.75) is 59.9 Å². The number of carbonyl (C=O) groups excluding carboxylic acids is 1. The fourth-order valence-corrected chi connectivity index (χ4v) is 4.13. The van der Waals surface area contributed by atoms with Gasteiger partial charge in [0, 0.05) is 31.2 Å². The van der Waals surface area contributed by atoms with Crippen LogP contribution in [0.15, 0.2) is 60.7 Å². The third-order valence-electron chi connectivity index (χ3n) is 6.45. The molecule has 0 saturated carbocycles. The van der Waals surface area contributed by atoms with Gasteiger partial charge in [0.2, 0.25) is 0 Å². The van der Waals surface area contributed by atoms with E-state index in [1.807, 2.05) is 25.1 Å². The predicted molar refractivity (Wildman–Crippen MR) is 147 cm³/mol. The lowest BCUT2D eigenvalue weighted by Gasteiger charge is -2.27. The van der Waals surface area contributed by atoms with Gasteiger partial charge in [-0.1, -0.05) is 64.1 Å². The summed E-state index contributed by atoms with van der Waals surface area (Å²) >= 11 is 0. The molecule has 0 unspecified atom stereocenters. The van der Waals surface area contributed by atoms with Gasteiger partial charge >= 0.3 is 6.03 Å². The molecule has 0 atom stereocenters. The molecule has 0 aromatic heterocycles. The molecule has 0 saturated heterocycles. The lowest BCUT2D eigenvalue weighted by Crippen LogP contribution is -2.35. The fraction of sp³-hybridized carbons (Fsp3) is 0.367. The zero-order chi connectivity index (χ0) is 25.0. The summed E-state index contributed by atoms with van der Waals surface area (Å²) in [6, 6.07) is 20.8. The Morgan fingerprint density at radius 3 is 1.85 bits per heavy atom. The second-order valence-electron chi connectivity index (χ2n) is 9.97. The number of urea groups is 1. The van der Waals surface area contributed by atoms with Crippen LogP contribution in [0.4, 0.5) is 21.9 Å². The van der Waals surface area contributed by atoms with Crippen LogP contribution in [-0.4, -0.2) is 20.1 Å². The van der Waals surface area contributed by atoms with E-state index in [1.54, 1.807) is 0 Å². The monoisotopic (exact) mass is 457 g/mol. The number of hydrogen-bond donors (Lipinski definition) is 1. The summed E-state index contributed by atoms with van der Waals surface area (Å²) in [7, 11) is 4.06. The van der Waals surface area contributed by atoms with Crippen LogP contribution in [0.3, 0.4) is 0 Å². The lowest BCUT2D eigenvalue weighted by atomic mass is 9.92. The minimum atomic E-state index is -0.116. The third-order valence-corrected chi connectivity index (χ3v) is 6.45. The van der Waals surface area contributed by atoms with Crippen molar-refractivity contribution >= 4 is 23.1 Å². The molecule has 0 aliphatic heterocycles. The van der Waals surface area contributed by atoms with Crippen LogP contribution >= 0.6 is 0 Å². The van der Waals surface area contributed by atoms with E-state index in [-0.39, 0.29) is 6.03 Å². The highest BCUT2D eigenvalue weighted by Crippen LogP contribution is 2.33. The number of benzene rings is 3. The first-order valence-electron chi connectivity index (χ1n) is 12.1. The Balaban J connectivity index is 2.01. The Hall–Kier alpha value is -3.27. The molecule has 0 heterocycles. The molecular weight excluding hydrogens is 418 g/mol. The molecule has 180 valence electrons. The van der Waals surface area contributed by atoms with E-state index in [9.17, 15) is 4.79 Å². The Kier molecular flexibility index (Phi) is 8.03. The first kappa shape index (κ1) is 25.4. The Bertz CT molecular complexity index is 1100. The first-order valence-corrected chi connectivity index (χ1v) is 12.1. The largest absolute Gasteiger partial charge is 0.378 e. The summed E-state index contributed by atoms with van der Waals surface area (Å²) in [5.74, 6) is 0.616. The third kappa shape index (κ3) is 5.80. The number of nitrogens with one attached hydrogen (secondary N) is 1. The average Bonchev–Trinajstić information content (AvgIpc) is 2.79. The van der Waals surface area contributed by atoms with Crippen molar-refractivity contribution in [2.75, 3.05) is 29.2 Å². The van der Waals surface area contributed by atoms with Gasteiger partial charge in [0.1, 0.15) is 0 Å². The molecule has 3 aromatic rings. The molecule has 0 aliphatic rings. The van der Waals surface area contributed by atoms with Gasteiger partial charge in [-0.05, 0) is 77.8 Å². The molecule has 0 fully saturated rings. The first-order chi connectivity index (χ1) is 16.1. The van der Waals surface area contributed by atoms with Gasteiger partial charge in [-0.2, -0.15) is 0 Å². The number of carbonyl (C=O) groups is 1. The number of nitrogens with zero attached hydrogens (tertiary/aromatic N) is 2. The van der Waals surface area contributed by atoms with Gasteiger partial charge in [0.05, 0.1) is 6.54 Å². The Morgan fingerprint density at radius 2 is 1.35 bits per heavy atom. The van der Waals surface area contributed by atoms with Crippen LogP contribution < -0.4 is 15.1 Å². The second kappa shape index (κ2) is 10.8. The molecule has 4 heteroatoms. The number of rotatable bonds is 7. The molecule has 3 rings (SSSR count). The van der Waals surface area contributed by atoms with E-state index in [0.717, 1.165) is 33.8 Å². The highest BCUT2D eigenvalue weighted by atomic mass is 16.2. The maximum absolute atomic E-state index is 13.8. The second-order valence-corrected chi connectivity index (χ2v) is 9.97. The van der Waals surface area contributed by atoms with Crippen molar-refractivity contribution in [1.82, 2.24) is 0 Å². The summed E-state index contributed by atoms with van der Waals surface area (Å²) in [4.78, 5) is 17.8. The summed E-state index contributed by atoms with van der Waals surface area (Å²) < 4.78 is 0. The molecule has 1 N–H and O–H groups in total. The van der Waals surface area contributed by atoms with Crippen LogP contribution in [0.1, 0.15) is 67.3 Å². The summed E-state index contributed by atoms with van der Waals surface area (Å²) in [6.07, 6.45) is 0. The Morgan fingerprint density at radius 1 is 0.794 bits per heavy atom. The molecule has 34 heavy (non-hydrogen) atoms. The van der Waals surface area contributed by atoms with Crippen molar-refractivity contribution in [3.8, 4) is 0 Å². The molecule has 0 aliphatic carbocycles. The predicted octanol–water partition coefficient (Wildman–Crippen LogP) is 7.85. The van der Waals surface area contributed by atoms with Gasteiger partial charge in [-0.25, -0.2) is 4.79 Å². The molecule has 3 aromatic carbocycles. The van der Waals surface area contributed by atoms with Gasteiger partial charge in [-0.3, -0.25) is 4.90 Å². The fourth-order valence-electron chi connectivity index (χ4n) is 4.13. The van der Waals surface area contributed by atoms with Crippen molar-refractivity contribution in [3.05, 3.63) is 88.5 Å². The van der Waals surface area contributed by atoms with E-state index < -0.39 is 0 Å². The maximum Gasteiger partial charge on any atom is 0.326 e. The standard InChI is InChI=1S/C30H39N3O/c1-20(2)27-10-9-11-28(21(3)4)29(27)31-30(34)33(26-15-12-22(5)23(6)18-26)19-24-13-16-25(17-14-24)32(7)8/h9-18,20-21H,19H2,1-8H3,(H,31,34). The Labute approximate surface area is 205 Å². The summed E-state index contributed by atoms with van der Waals surface area (Å²) in [5, 5.41) is 3.30. The van der Waals surface area contributed by atoms with Crippen LogP contribution in [0.2, 0.25) is 0 Å². The molecule has 4 nitrogen and oxygen atoms in total. The number of para-hydroxylation sites is 1. The van der Waals surface area contributed by atoms with Crippen molar-refractivity contribution in [3.63, 3.8) is 0 Å². The van der Waals surface area contributed by atoms with Gasteiger partial charge in [0.15, 0.2) is 0 Å². The van der Waals surface area contributed by atoms with E-state index >= 15 is 0 Å².